The molecule has 0 fully saturated rings. The summed E-state index contributed by atoms with van der Waals surface area (Å²) in [6.07, 6.45) is 0.576. The maximum Gasteiger partial charge on any atom is 0.349 e. The van der Waals surface area contributed by atoms with Gasteiger partial charge < -0.3 is 18.8 Å². The highest BCUT2D eigenvalue weighted by Gasteiger charge is 2.16. The first-order chi connectivity index (χ1) is 15.3. The molecular formula is C21H19N3O7S. The number of aliphatic carboxylic acids is 1. The van der Waals surface area contributed by atoms with E-state index in [1.165, 1.54) is 6.07 Å². The van der Waals surface area contributed by atoms with Crippen LogP contribution in [0.15, 0.2) is 56.1 Å². The van der Waals surface area contributed by atoms with Crippen molar-refractivity contribution in [3.63, 3.8) is 0 Å². The minimum Gasteiger partial charge on any atom is -0.481 e. The van der Waals surface area contributed by atoms with E-state index in [0.29, 0.717) is 40.7 Å². The van der Waals surface area contributed by atoms with E-state index in [4.69, 9.17) is 18.5 Å². The SMILES string of the molecule is CN(CCCC(=O)O)c1ccc2cc(-c3nc4ccc(NS(=O)O)cc4o3)c(=O)oc2c1. The summed E-state index contributed by atoms with van der Waals surface area (Å²) in [4.78, 5) is 29.5. The van der Waals surface area contributed by atoms with E-state index in [9.17, 15) is 13.8 Å². The van der Waals surface area contributed by atoms with E-state index in [0.717, 1.165) is 5.69 Å². The molecule has 1 unspecified atom stereocenters. The van der Waals surface area contributed by atoms with Crippen molar-refractivity contribution in [2.24, 2.45) is 0 Å². The predicted octanol–water partition coefficient (Wildman–Crippen LogP) is 3.45. The second kappa shape index (κ2) is 8.81. The number of nitrogens with zero attached hydrogens (tertiary/aromatic N) is 2. The van der Waals surface area contributed by atoms with E-state index >= 15 is 0 Å². The van der Waals surface area contributed by atoms with Crippen molar-refractivity contribution in [2.75, 3.05) is 23.2 Å². The van der Waals surface area contributed by atoms with E-state index in [1.54, 1.807) is 30.3 Å². The number of nitrogens with one attached hydrogen (secondary N) is 1. The Morgan fingerprint density at radius 1 is 1.16 bits per heavy atom. The van der Waals surface area contributed by atoms with Crippen molar-refractivity contribution >= 4 is 50.7 Å². The minimum atomic E-state index is -2.22. The summed E-state index contributed by atoms with van der Waals surface area (Å²) in [6, 6.07) is 11.7. The molecule has 0 bridgehead atoms. The average Bonchev–Trinajstić information content (AvgIpc) is 3.15. The average molecular weight is 457 g/mol. The van der Waals surface area contributed by atoms with Crippen LogP contribution in [0.5, 0.6) is 0 Å². The van der Waals surface area contributed by atoms with Crippen LogP contribution >= 0.6 is 0 Å². The number of rotatable bonds is 8. The summed E-state index contributed by atoms with van der Waals surface area (Å²) in [5.41, 5.74) is 1.89. The summed E-state index contributed by atoms with van der Waals surface area (Å²) in [5, 5.41) is 9.45. The van der Waals surface area contributed by atoms with Crippen LogP contribution in [0.1, 0.15) is 12.8 Å². The van der Waals surface area contributed by atoms with Gasteiger partial charge in [-0.1, -0.05) is 0 Å². The lowest BCUT2D eigenvalue weighted by Crippen LogP contribution is -2.19. The molecule has 32 heavy (non-hydrogen) atoms. The minimum absolute atomic E-state index is 0.0767. The Balaban J connectivity index is 1.64. The van der Waals surface area contributed by atoms with Crippen LogP contribution in [0.25, 0.3) is 33.5 Å². The van der Waals surface area contributed by atoms with Crippen molar-refractivity contribution in [2.45, 2.75) is 12.8 Å². The molecule has 11 heteroatoms. The maximum absolute atomic E-state index is 12.6. The molecule has 0 spiro atoms. The number of carboxylic acid groups (broad SMARTS) is 1. The highest BCUT2D eigenvalue weighted by atomic mass is 32.2. The number of hydrogen-bond donors (Lipinski definition) is 3. The molecule has 2 aromatic heterocycles. The predicted molar refractivity (Wildman–Crippen MR) is 120 cm³/mol. The number of carbonyl (C=O) groups is 1. The lowest BCUT2D eigenvalue weighted by molar-refractivity contribution is -0.137. The molecule has 2 heterocycles. The molecule has 2 aromatic carbocycles. The van der Waals surface area contributed by atoms with Crippen molar-refractivity contribution in [1.82, 2.24) is 4.98 Å². The second-order valence-corrected chi connectivity index (χ2v) is 7.84. The van der Waals surface area contributed by atoms with E-state index in [1.807, 2.05) is 18.0 Å². The van der Waals surface area contributed by atoms with Crippen LogP contribution in [0, 0.1) is 0 Å². The normalized spacial score (nSPS) is 12.2. The number of hydrogen-bond acceptors (Lipinski definition) is 7. The molecule has 0 aliphatic heterocycles. The smallest absolute Gasteiger partial charge is 0.349 e. The number of carboxylic acids is 1. The second-order valence-electron chi connectivity index (χ2n) is 7.14. The number of anilines is 2. The van der Waals surface area contributed by atoms with Crippen molar-refractivity contribution in [1.29, 1.82) is 0 Å². The van der Waals surface area contributed by atoms with E-state index in [2.05, 4.69) is 9.71 Å². The van der Waals surface area contributed by atoms with Crippen molar-refractivity contribution < 1.29 is 27.5 Å². The Morgan fingerprint density at radius 3 is 2.72 bits per heavy atom. The van der Waals surface area contributed by atoms with Gasteiger partial charge in [0, 0.05) is 43.2 Å². The van der Waals surface area contributed by atoms with E-state index < -0.39 is 22.9 Å². The van der Waals surface area contributed by atoms with Gasteiger partial charge >= 0.3 is 11.6 Å². The molecule has 166 valence electrons. The van der Waals surface area contributed by atoms with Crippen LogP contribution in [0.2, 0.25) is 0 Å². The van der Waals surface area contributed by atoms with Crippen LogP contribution in [0.3, 0.4) is 0 Å². The number of benzene rings is 2. The third-order valence-electron chi connectivity index (χ3n) is 4.87. The van der Waals surface area contributed by atoms with E-state index in [-0.39, 0.29) is 17.9 Å². The molecule has 0 amide bonds. The van der Waals surface area contributed by atoms with Crippen LogP contribution in [0.4, 0.5) is 11.4 Å². The molecule has 0 aliphatic carbocycles. The number of aromatic nitrogens is 1. The molecule has 10 nitrogen and oxygen atoms in total. The summed E-state index contributed by atoms with van der Waals surface area (Å²) < 4.78 is 33.4. The molecule has 0 radical (unpaired) electrons. The van der Waals surface area contributed by atoms with Gasteiger partial charge in [-0.2, -0.15) is 0 Å². The molecule has 4 rings (SSSR count). The van der Waals surface area contributed by atoms with Gasteiger partial charge in [-0.15, -0.1) is 0 Å². The lowest BCUT2D eigenvalue weighted by Gasteiger charge is -2.19. The Labute approximate surface area is 183 Å². The molecule has 3 N–H and O–H groups in total. The number of fused-ring (bicyclic) bond motifs is 2. The zero-order valence-corrected chi connectivity index (χ0v) is 17.7. The summed E-state index contributed by atoms with van der Waals surface area (Å²) >= 11 is -2.22. The Bertz CT molecular complexity index is 1400. The van der Waals surface area contributed by atoms with Crippen LogP contribution in [-0.4, -0.2) is 38.4 Å². The quantitative estimate of drug-likeness (QED) is 0.267. The first-order valence-electron chi connectivity index (χ1n) is 9.59. The molecule has 1 atom stereocenters. The molecule has 0 aliphatic rings. The highest BCUT2D eigenvalue weighted by Crippen LogP contribution is 2.28. The van der Waals surface area contributed by atoms with Gasteiger partial charge in [0.15, 0.2) is 5.58 Å². The van der Waals surface area contributed by atoms with Crippen molar-refractivity contribution in [3.8, 4) is 11.5 Å². The summed E-state index contributed by atoms with van der Waals surface area (Å²) in [7, 11) is 1.84. The standard InChI is InChI=1S/C21H19N3O7S/c1-24(8-2-3-19(25)26)14-6-4-12-9-15(21(27)31-17(12)11-14)20-22-16-7-5-13(23-32(28)29)10-18(16)30-20/h4-7,9-11,23H,2-3,8H2,1H3,(H,25,26)(H,28,29). The third kappa shape index (κ3) is 4.63. The first kappa shape index (κ1) is 21.5. The molecule has 0 saturated heterocycles. The fourth-order valence-electron chi connectivity index (χ4n) is 3.29. The monoisotopic (exact) mass is 457 g/mol. The summed E-state index contributed by atoms with van der Waals surface area (Å²) in [5.74, 6) is -0.765. The van der Waals surface area contributed by atoms with Crippen LogP contribution < -0.4 is 15.2 Å². The number of oxazole rings is 1. The Hall–Kier alpha value is -3.70. The van der Waals surface area contributed by atoms with Crippen LogP contribution in [-0.2, 0) is 16.1 Å². The molecule has 4 aromatic rings. The van der Waals surface area contributed by atoms with Gasteiger partial charge in [0.25, 0.3) is 11.3 Å². The molecular weight excluding hydrogens is 438 g/mol. The Kier molecular flexibility index (Phi) is 5.93. The zero-order chi connectivity index (χ0) is 22.8. The third-order valence-corrected chi connectivity index (χ3v) is 5.28. The van der Waals surface area contributed by atoms with Gasteiger partial charge in [0.05, 0.1) is 5.69 Å². The highest BCUT2D eigenvalue weighted by molar-refractivity contribution is 7.80. The zero-order valence-electron chi connectivity index (χ0n) is 16.9. The fourth-order valence-corrected chi connectivity index (χ4v) is 3.62. The Morgan fingerprint density at radius 2 is 1.97 bits per heavy atom. The first-order valence-corrected chi connectivity index (χ1v) is 10.7. The lowest BCUT2D eigenvalue weighted by atomic mass is 10.1. The summed E-state index contributed by atoms with van der Waals surface area (Å²) in [6.45, 7) is 0.545. The van der Waals surface area contributed by atoms with Gasteiger partial charge in [-0.05, 0) is 36.8 Å². The van der Waals surface area contributed by atoms with Gasteiger partial charge in [-0.3, -0.25) is 14.1 Å². The maximum atomic E-state index is 12.6. The molecule has 0 saturated carbocycles. The topological polar surface area (TPSA) is 146 Å². The van der Waals surface area contributed by atoms with Gasteiger partial charge in [-0.25, -0.2) is 14.0 Å². The largest absolute Gasteiger partial charge is 0.481 e. The van der Waals surface area contributed by atoms with Gasteiger partial charge in [0.2, 0.25) is 5.89 Å². The van der Waals surface area contributed by atoms with Gasteiger partial charge in [0.1, 0.15) is 16.7 Å². The fraction of sp³-hybridized carbons (Fsp3) is 0.190. The van der Waals surface area contributed by atoms with Crippen molar-refractivity contribution in [3.05, 3.63) is 52.9 Å².